The maximum absolute atomic E-state index is 10.3. The minimum atomic E-state index is -4.57. The van der Waals surface area contributed by atoms with Gasteiger partial charge in [-0.25, -0.2) is 5.26 Å². The van der Waals surface area contributed by atoms with Gasteiger partial charge in [0.15, 0.2) is 6.29 Å². The second-order valence-electron chi connectivity index (χ2n) is 2.60. The van der Waals surface area contributed by atoms with Crippen molar-refractivity contribution in [3.8, 4) is 0 Å². The Labute approximate surface area is 82.4 Å². The van der Waals surface area contributed by atoms with E-state index in [1.54, 1.807) is 0 Å². The van der Waals surface area contributed by atoms with E-state index < -0.39 is 16.7 Å². The number of aliphatic hydroxyl groups excluding tert-OH is 1. The molecule has 1 atom stereocenters. The van der Waals surface area contributed by atoms with Gasteiger partial charge in [-0.3, -0.25) is 0 Å². The van der Waals surface area contributed by atoms with Crippen molar-refractivity contribution >= 4 is 10.4 Å². The molecule has 0 aromatic carbocycles. The zero-order valence-electron chi connectivity index (χ0n) is 7.75. The second-order valence-corrected chi connectivity index (χ2v) is 3.70. The SMILES string of the molecule is CCCCCC(O)OOS(=O)(=O)OO. The predicted molar refractivity (Wildman–Crippen MR) is 45.0 cm³/mol. The molecule has 0 saturated heterocycles. The third-order valence-corrected chi connectivity index (χ3v) is 1.81. The molecule has 0 spiro atoms. The summed E-state index contributed by atoms with van der Waals surface area (Å²) in [5, 5.41) is 16.7. The molecule has 0 aliphatic carbocycles. The van der Waals surface area contributed by atoms with Crippen molar-refractivity contribution in [3.05, 3.63) is 0 Å². The fraction of sp³-hybridized carbons (Fsp3) is 1.00. The molecular formula is C6H14O7S. The lowest BCUT2D eigenvalue weighted by Gasteiger charge is -2.08. The number of aliphatic hydroxyl groups is 1. The van der Waals surface area contributed by atoms with Crippen molar-refractivity contribution in [2.45, 2.75) is 38.9 Å². The summed E-state index contributed by atoms with van der Waals surface area (Å²) >= 11 is 0. The van der Waals surface area contributed by atoms with Crippen LogP contribution < -0.4 is 0 Å². The van der Waals surface area contributed by atoms with Crippen LogP contribution >= 0.6 is 0 Å². The largest absolute Gasteiger partial charge is 0.453 e. The summed E-state index contributed by atoms with van der Waals surface area (Å²) < 4.78 is 27.2. The number of hydrogen-bond donors (Lipinski definition) is 2. The van der Waals surface area contributed by atoms with E-state index in [-0.39, 0.29) is 6.42 Å². The van der Waals surface area contributed by atoms with Gasteiger partial charge >= 0.3 is 10.4 Å². The molecule has 2 N–H and O–H groups in total. The van der Waals surface area contributed by atoms with Gasteiger partial charge < -0.3 is 5.11 Å². The Morgan fingerprint density at radius 2 is 2.00 bits per heavy atom. The van der Waals surface area contributed by atoms with Crippen molar-refractivity contribution < 1.29 is 32.3 Å². The van der Waals surface area contributed by atoms with Crippen molar-refractivity contribution in [1.29, 1.82) is 0 Å². The summed E-state index contributed by atoms with van der Waals surface area (Å²) in [6.45, 7) is 1.98. The molecule has 0 radical (unpaired) electrons. The molecule has 0 fully saturated rings. The lowest BCUT2D eigenvalue weighted by Crippen LogP contribution is -2.17. The molecule has 86 valence electrons. The minimum Gasteiger partial charge on any atom is -0.366 e. The maximum atomic E-state index is 10.3. The number of hydrogen-bond acceptors (Lipinski definition) is 7. The molecule has 0 aliphatic heterocycles. The zero-order valence-corrected chi connectivity index (χ0v) is 8.57. The molecular weight excluding hydrogens is 216 g/mol. The normalized spacial score (nSPS) is 14.2. The summed E-state index contributed by atoms with van der Waals surface area (Å²) in [6, 6.07) is 0. The molecule has 0 aromatic heterocycles. The first-order chi connectivity index (χ1) is 6.52. The Kier molecular flexibility index (Phi) is 6.97. The highest BCUT2D eigenvalue weighted by atomic mass is 32.3. The lowest BCUT2D eigenvalue weighted by molar-refractivity contribution is -0.318. The van der Waals surface area contributed by atoms with Gasteiger partial charge in [-0.1, -0.05) is 28.4 Å². The molecule has 0 aliphatic rings. The first kappa shape index (κ1) is 13.8. The van der Waals surface area contributed by atoms with E-state index in [0.717, 1.165) is 12.8 Å². The summed E-state index contributed by atoms with van der Waals surface area (Å²) in [7, 11) is -4.57. The van der Waals surface area contributed by atoms with Crippen molar-refractivity contribution in [3.63, 3.8) is 0 Å². The van der Waals surface area contributed by atoms with E-state index >= 15 is 0 Å². The quantitative estimate of drug-likeness (QED) is 0.272. The van der Waals surface area contributed by atoms with Crippen LogP contribution in [0.2, 0.25) is 0 Å². The molecule has 0 rings (SSSR count). The molecule has 14 heavy (non-hydrogen) atoms. The molecule has 0 aromatic rings. The van der Waals surface area contributed by atoms with E-state index in [1.807, 2.05) is 6.92 Å². The monoisotopic (exact) mass is 230 g/mol. The van der Waals surface area contributed by atoms with E-state index in [1.165, 1.54) is 0 Å². The summed E-state index contributed by atoms with van der Waals surface area (Å²) in [6.07, 6.45) is 1.43. The van der Waals surface area contributed by atoms with Gasteiger partial charge in [-0.05, 0) is 6.42 Å². The van der Waals surface area contributed by atoms with Crippen LogP contribution in [0, 0.1) is 0 Å². The van der Waals surface area contributed by atoms with Crippen molar-refractivity contribution in [2.75, 3.05) is 0 Å². The lowest BCUT2D eigenvalue weighted by atomic mass is 10.2. The Hall–Kier alpha value is -0.250. The van der Waals surface area contributed by atoms with Crippen LogP contribution in [0.3, 0.4) is 0 Å². The van der Waals surface area contributed by atoms with Gasteiger partial charge in [0, 0.05) is 6.42 Å². The molecule has 1 unspecified atom stereocenters. The average Bonchev–Trinajstić information content (AvgIpc) is 2.16. The van der Waals surface area contributed by atoms with Gasteiger partial charge in [0.2, 0.25) is 0 Å². The van der Waals surface area contributed by atoms with Gasteiger partial charge in [0.05, 0.1) is 0 Å². The number of rotatable bonds is 8. The summed E-state index contributed by atoms with van der Waals surface area (Å²) in [5.41, 5.74) is 0. The Morgan fingerprint density at radius 3 is 2.50 bits per heavy atom. The fourth-order valence-corrected chi connectivity index (χ4v) is 0.935. The highest BCUT2D eigenvalue weighted by Crippen LogP contribution is 2.06. The third-order valence-electron chi connectivity index (χ3n) is 1.38. The first-order valence-corrected chi connectivity index (χ1v) is 5.46. The summed E-state index contributed by atoms with van der Waals surface area (Å²) in [4.78, 5) is 4.03. The van der Waals surface area contributed by atoms with Gasteiger partial charge in [-0.2, -0.15) is 13.3 Å². The van der Waals surface area contributed by atoms with Crippen LogP contribution in [0.4, 0.5) is 0 Å². The standard InChI is InChI=1S/C6H14O7S/c1-2-3-4-5-6(7)11-13-14(9,10)12-8/h6-8H,2-5H2,1H3. The predicted octanol–water partition coefficient (Wildman–Crippen LogP) is 0.568. The Bertz CT molecular complexity index is 224. The average molecular weight is 230 g/mol. The molecule has 8 heteroatoms. The maximum Gasteiger partial charge on any atom is 0.453 e. The van der Waals surface area contributed by atoms with E-state index in [9.17, 15) is 8.42 Å². The van der Waals surface area contributed by atoms with Gasteiger partial charge in [0.25, 0.3) is 0 Å². The second kappa shape index (κ2) is 7.10. The van der Waals surface area contributed by atoms with Crippen LogP contribution in [0.5, 0.6) is 0 Å². The molecule has 0 saturated carbocycles. The van der Waals surface area contributed by atoms with E-state index in [0.29, 0.717) is 6.42 Å². The van der Waals surface area contributed by atoms with Crippen molar-refractivity contribution in [1.82, 2.24) is 0 Å². The molecule has 0 amide bonds. The van der Waals surface area contributed by atoms with Crippen LogP contribution in [0.15, 0.2) is 0 Å². The van der Waals surface area contributed by atoms with Crippen LogP contribution in [-0.4, -0.2) is 25.1 Å². The molecule has 0 heterocycles. The fourth-order valence-electron chi connectivity index (χ4n) is 0.723. The zero-order chi connectivity index (χ0) is 11.0. The minimum absolute atomic E-state index is 0.245. The van der Waals surface area contributed by atoms with Crippen molar-refractivity contribution in [2.24, 2.45) is 0 Å². The van der Waals surface area contributed by atoms with Gasteiger partial charge in [-0.15, -0.1) is 0 Å². The van der Waals surface area contributed by atoms with E-state index in [2.05, 4.69) is 13.6 Å². The number of unbranched alkanes of at least 4 members (excludes halogenated alkanes) is 2. The Balaban J connectivity index is 3.58. The highest BCUT2D eigenvalue weighted by molar-refractivity contribution is 7.81. The van der Waals surface area contributed by atoms with Crippen LogP contribution in [-0.2, 0) is 24.0 Å². The van der Waals surface area contributed by atoms with Crippen LogP contribution in [0.25, 0.3) is 0 Å². The Morgan fingerprint density at radius 1 is 1.36 bits per heavy atom. The van der Waals surface area contributed by atoms with Crippen LogP contribution in [0.1, 0.15) is 32.6 Å². The smallest absolute Gasteiger partial charge is 0.366 e. The van der Waals surface area contributed by atoms with E-state index in [4.69, 9.17) is 10.4 Å². The molecule has 0 bridgehead atoms. The highest BCUT2D eigenvalue weighted by Gasteiger charge is 2.15. The summed E-state index contributed by atoms with van der Waals surface area (Å²) in [5.74, 6) is 0. The molecule has 7 nitrogen and oxygen atoms in total. The van der Waals surface area contributed by atoms with Gasteiger partial charge in [0.1, 0.15) is 0 Å². The third kappa shape index (κ3) is 7.18. The first-order valence-electron chi connectivity index (χ1n) is 4.13. The topological polar surface area (TPSA) is 102 Å².